The predicted molar refractivity (Wildman–Crippen MR) is 120 cm³/mol. The van der Waals surface area contributed by atoms with Crippen LogP contribution >= 0.6 is 11.6 Å². The molecule has 4 nitrogen and oxygen atoms in total. The second kappa shape index (κ2) is 10.4. The van der Waals surface area contributed by atoms with Crippen LogP contribution in [0.1, 0.15) is 54.1 Å². The van der Waals surface area contributed by atoms with Gasteiger partial charge >= 0.3 is 6.18 Å². The van der Waals surface area contributed by atoms with Crippen LogP contribution in [0.4, 0.5) is 23.2 Å². The summed E-state index contributed by atoms with van der Waals surface area (Å²) < 4.78 is 53.7. The standard InChI is InChI=1S/C24H27ClF4N2O2/c1-2-30-17-6-7-18(21(26)15-17)22(32)4-3-11-31-12-9-23(33,10-13-31)16-5-8-20(25)19(14-16)24(27,28)29/h5-8,14-15,30,33H,2-4,9-13H2,1H3. The zero-order chi connectivity index (χ0) is 24.2. The number of hydrogen-bond donors (Lipinski definition) is 2. The molecule has 0 bridgehead atoms. The summed E-state index contributed by atoms with van der Waals surface area (Å²) in [5.74, 6) is -0.826. The van der Waals surface area contributed by atoms with Gasteiger partial charge in [0.05, 0.1) is 21.8 Å². The van der Waals surface area contributed by atoms with Crippen molar-refractivity contribution in [3.63, 3.8) is 0 Å². The molecule has 3 rings (SSSR count). The van der Waals surface area contributed by atoms with E-state index in [0.29, 0.717) is 38.3 Å². The molecule has 0 aromatic heterocycles. The molecular formula is C24H27ClF4N2O2. The lowest BCUT2D eigenvalue weighted by molar-refractivity contribution is -0.137. The number of Topliss-reactive ketones (excluding diaryl/α,β-unsaturated/α-hetero) is 1. The van der Waals surface area contributed by atoms with E-state index in [1.165, 1.54) is 24.3 Å². The minimum absolute atomic E-state index is 0.0629. The fourth-order valence-electron chi connectivity index (χ4n) is 4.12. The molecule has 180 valence electrons. The first-order chi connectivity index (χ1) is 15.5. The molecule has 2 aromatic rings. The first kappa shape index (κ1) is 25.5. The van der Waals surface area contributed by atoms with E-state index >= 15 is 0 Å². The molecule has 0 amide bonds. The number of ketones is 1. The lowest BCUT2D eigenvalue weighted by atomic mass is 9.83. The Labute approximate surface area is 195 Å². The number of benzene rings is 2. The fourth-order valence-corrected chi connectivity index (χ4v) is 4.35. The van der Waals surface area contributed by atoms with Crippen molar-refractivity contribution in [1.82, 2.24) is 4.90 Å². The first-order valence-corrected chi connectivity index (χ1v) is 11.3. The van der Waals surface area contributed by atoms with Gasteiger partial charge < -0.3 is 15.3 Å². The largest absolute Gasteiger partial charge is 0.417 e. The van der Waals surface area contributed by atoms with Crippen LogP contribution in [0.25, 0.3) is 0 Å². The molecule has 2 N–H and O–H groups in total. The molecule has 0 saturated carbocycles. The molecule has 1 heterocycles. The van der Waals surface area contributed by atoms with E-state index in [0.717, 1.165) is 6.07 Å². The van der Waals surface area contributed by atoms with E-state index < -0.39 is 28.2 Å². The maximum absolute atomic E-state index is 14.2. The van der Waals surface area contributed by atoms with E-state index in [4.69, 9.17) is 11.6 Å². The average molecular weight is 487 g/mol. The van der Waals surface area contributed by atoms with Crippen LogP contribution in [0.3, 0.4) is 0 Å². The minimum Gasteiger partial charge on any atom is -0.385 e. The van der Waals surface area contributed by atoms with Gasteiger partial charge in [0.15, 0.2) is 5.78 Å². The SMILES string of the molecule is CCNc1ccc(C(=O)CCCN2CCC(O)(c3ccc(Cl)c(C(F)(F)F)c3)CC2)c(F)c1. The molecule has 0 spiro atoms. The van der Waals surface area contributed by atoms with E-state index in [1.54, 1.807) is 6.07 Å². The Balaban J connectivity index is 1.52. The van der Waals surface area contributed by atoms with Crippen molar-refractivity contribution in [2.24, 2.45) is 0 Å². The van der Waals surface area contributed by atoms with Crippen LogP contribution in [0.15, 0.2) is 36.4 Å². The Morgan fingerprint density at radius 2 is 1.88 bits per heavy atom. The van der Waals surface area contributed by atoms with Gasteiger partial charge in [0.25, 0.3) is 0 Å². The molecule has 33 heavy (non-hydrogen) atoms. The maximum atomic E-state index is 14.2. The van der Waals surface area contributed by atoms with E-state index in [1.807, 2.05) is 11.8 Å². The van der Waals surface area contributed by atoms with Crippen molar-refractivity contribution in [3.05, 3.63) is 63.9 Å². The van der Waals surface area contributed by atoms with Gasteiger partial charge in [-0.05, 0) is 68.6 Å². The molecule has 1 saturated heterocycles. The number of carbonyl (C=O) groups is 1. The number of anilines is 1. The molecule has 0 aliphatic carbocycles. The molecule has 0 radical (unpaired) electrons. The van der Waals surface area contributed by atoms with Gasteiger partial charge in [-0.25, -0.2) is 4.39 Å². The number of piperidine rings is 1. The summed E-state index contributed by atoms with van der Waals surface area (Å²) in [4.78, 5) is 14.4. The number of hydrogen-bond acceptors (Lipinski definition) is 4. The van der Waals surface area contributed by atoms with Crippen LogP contribution in [-0.4, -0.2) is 42.0 Å². The topological polar surface area (TPSA) is 52.6 Å². The zero-order valence-corrected chi connectivity index (χ0v) is 19.1. The lowest BCUT2D eigenvalue weighted by Crippen LogP contribution is -2.43. The summed E-state index contributed by atoms with van der Waals surface area (Å²) >= 11 is 5.68. The Kier molecular flexibility index (Phi) is 8.03. The summed E-state index contributed by atoms with van der Waals surface area (Å²) in [6.45, 7) is 4.07. The van der Waals surface area contributed by atoms with Crippen molar-refractivity contribution in [2.45, 2.75) is 44.4 Å². The van der Waals surface area contributed by atoms with Gasteiger partial charge in [-0.1, -0.05) is 17.7 Å². The maximum Gasteiger partial charge on any atom is 0.417 e. The van der Waals surface area contributed by atoms with Gasteiger partial charge in [-0.3, -0.25) is 4.79 Å². The third kappa shape index (κ3) is 6.25. The van der Waals surface area contributed by atoms with Gasteiger partial charge in [-0.15, -0.1) is 0 Å². The summed E-state index contributed by atoms with van der Waals surface area (Å²) in [6.07, 6.45) is -3.36. The van der Waals surface area contributed by atoms with Crippen LogP contribution in [0, 0.1) is 5.82 Å². The Bertz CT molecular complexity index is 989. The van der Waals surface area contributed by atoms with Crippen molar-refractivity contribution < 1.29 is 27.5 Å². The van der Waals surface area contributed by atoms with Gasteiger partial charge in [0, 0.05) is 31.7 Å². The van der Waals surface area contributed by atoms with Crippen molar-refractivity contribution in [3.8, 4) is 0 Å². The van der Waals surface area contributed by atoms with E-state index in [9.17, 15) is 27.5 Å². The smallest absolute Gasteiger partial charge is 0.385 e. The van der Waals surface area contributed by atoms with Crippen molar-refractivity contribution >= 4 is 23.1 Å². The highest BCUT2D eigenvalue weighted by Crippen LogP contribution is 2.40. The van der Waals surface area contributed by atoms with Crippen molar-refractivity contribution in [2.75, 3.05) is 31.5 Å². The highest BCUT2D eigenvalue weighted by atomic mass is 35.5. The first-order valence-electron chi connectivity index (χ1n) is 10.9. The summed E-state index contributed by atoms with van der Waals surface area (Å²) in [5, 5.41) is 13.5. The molecule has 0 unspecified atom stereocenters. The zero-order valence-electron chi connectivity index (χ0n) is 18.3. The third-order valence-corrected chi connectivity index (χ3v) is 6.35. The molecule has 1 aliphatic rings. The molecule has 2 aromatic carbocycles. The second-order valence-electron chi connectivity index (χ2n) is 8.32. The van der Waals surface area contributed by atoms with Gasteiger partial charge in [0.1, 0.15) is 5.82 Å². The predicted octanol–water partition coefficient (Wildman–Crippen LogP) is 5.88. The second-order valence-corrected chi connectivity index (χ2v) is 8.72. The number of nitrogens with zero attached hydrogens (tertiary/aromatic N) is 1. The monoisotopic (exact) mass is 486 g/mol. The van der Waals surface area contributed by atoms with Crippen LogP contribution in [0.5, 0.6) is 0 Å². The number of rotatable bonds is 8. The minimum atomic E-state index is -4.59. The number of alkyl halides is 3. The van der Waals surface area contributed by atoms with E-state index in [2.05, 4.69) is 5.32 Å². The van der Waals surface area contributed by atoms with Crippen LogP contribution in [-0.2, 0) is 11.8 Å². The number of nitrogens with one attached hydrogen (secondary N) is 1. The third-order valence-electron chi connectivity index (χ3n) is 6.02. The summed E-state index contributed by atoms with van der Waals surface area (Å²) in [6, 6.07) is 7.99. The Morgan fingerprint density at radius 3 is 2.48 bits per heavy atom. The lowest BCUT2D eigenvalue weighted by Gasteiger charge is -2.38. The Hall–Kier alpha value is -2.16. The Morgan fingerprint density at radius 1 is 1.18 bits per heavy atom. The summed E-state index contributed by atoms with van der Waals surface area (Å²) in [7, 11) is 0. The number of likely N-dealkylation sites (tertiary alicyclic amines) is 1. The van der Waals surface area contributed by atoms with Crippen LogP contribution in [0.2, 0.25) is 5.02 Å². The quantitative estimate of drug-likeness (QED) is 0.361. The molecular weight excluding hydrogens is 460 g/mol. The van der Waals surface area contributed by atoms with Gasteiger partial charge in [-0.2, -0.15) is 13.2 Å². The van der Waals surface area contributed by atoms with Crippen molar-refractivity contribution in [1.29, 1.82) is 0 Å². The highest BCUT2D eigenvalue weighted by molar-refractivity contribution is 6.31. The number of carbonyl (C=O) groups excluding carboxylic acids is 1. The molecule has 9 heteroatoms. The number of halogens is 5. The summed E-state index contributed by atoms with van der Waals surface area (Å²) in [5.41, 5.74) is -1.44. The fraction of sp³-hybridized carbons (Fsp3) is 0.458. The molecule has 0 atom stereocenters. The number of aliphatic hydroxyl groups is 1. The highest BCUT2D eigenvalue weighted by Gasteiger charge is 2.38. The molecule has 1 fully saturated rings. The van der Waals surface area contributed by atoms with E-state index in [-0.39, 0.29) is 36.2 Å². The van der Waals surface area contributed by atoms with Gasteiger partial charge in [0.2, 0.25) is 0 Å². The molecule has 1 aliphatic heterocycles. The van der Waals surface area contributed by atoms with Crippen LogP contribution < -0.4 is 5.32 Å². The average Bonchev–Trinajstić information content (AvgIpc) is 2.75. The normalized spacial score (nSPS) is 16.6.